The smallest absolute Gasteiger partial charge is 0.458 e. The van der Waals surface area contributed by atoms with Gasteiger partial charge in [-0.3, -0.25) is 9.59 Å². The van der Waals surface area contributed by atoms with Gasteiger partial charge in [0.2, 0.25) is 0 Å². The Balaban J connectivity index is 0.00000882. The molecule has 2 N–H and O–H groups in total. The van der Waals surface area contributed by atoms with E-state index in [1.54, 1.807) is 54.6 Å². The third kappa shape index (κ3) is 13.3. The third-order valence-corrected chi connectivity index (χ3v) is 16.4. The summed E-state index contributed by atoms with van der Waals surface area (Å²) in [5.41, 5.74) is 2.89. The van der Waals surface area contributed by atoms with E-state index in [1.165, 1.54) is 0 Å². The van der Waals surface area contributed by atoms with Gasteiger partial charge in [-0.2, -0.15) is 0 Å². The maximum absolute atomic E-state index is 15.7. The number of hydrogen-bond donors (Lipinski definition) is 2. The molecule has 0 spiro atoms. The minimum absolute atomic E-state index is 0. The second-order valence-electron chi connectivity index (χ2n) is 26.5. The number of nitrogens with zero attached hydrogens (tertiary/aromatic N) is 2. The van der Waals surface area contributed by atoms with E-state index in [4.69, 9.17) is 19.5 Å². The standard InChI is InChI=1S/C67H82N4O6.Zn/c1-40-35-46(64(3,4)5)56(47(36-40)65(6,7)8)76-62(74)54-52(42-27-19-15-20-28-42)50(68-58(54)70-60(72)44-31-23-17-24-32-44)39-51-53(43-29-21-16-22-30-43)55(59(69-51)71-61(73)45-33-25-18-26-34-45)63(75)77-57-48(66(9,10)11)37-41(2)38-49(57)67(12,13)14;/h15-34,39-41,46-49,56-57H,35-38H2,1-14H3,(H3,68,69,70,71,72,73,74,75);/q;+2/p-1. The molecule has 5 aromatic rings. The zero-order valence-corrected chi connectivity index (χ0v) is 51.6. The fraction of sp³-hybridized carbons (Fsp3) is 0.448. The molecule has 78 heavy (non-hydrogen) atoms. The molecule has 0 bridgehead atoms. The topological polar surface area (TPSA) is 137 Å². The van der Waals surface area contributed by atoms with Gasteiger partial charge in [-0.1, -0.05) is 206 Å². The molecule has 406 valence electrons. The first-order chi connectivity index (χ1) is 36.2. The van der Waals surface area contributed by atoms with Gasteiger partial charge >= 0.3 is 31.4 Å². The van der Waals surface area contributed by atoms with Gasteiger partial charge in [0.25, 0.3) is 5.91 Å². The number of nitrogens with one attached hydrogen (secondary N) is 2. The van der Waals surface area contributed by atoms with Crippen LogP contribution in [0.1, 0.15) is 165 Å². The molecular formula is C67H81N4O6Zn+. The van der Waals surface area contributed by atoms with Crippen LogP contribution in [0.3, 0.4) is 0 Å². The SMILES string of the molecule is CC1CC(C(C)(C)C)C(OC(=O)C2=C(c3ccccc3)/C(=C/c3[n-]c(NC(=O)c4ccccc4)c(C(=O)OC4C(C(C)(C)C)CC(C)CC4C(C)(C)C)c3-c3ccccc3)N=C2NC(=O)c2ccccc2)C(C(C)(C)C)C1.[Zn+2]. The van der Waals surface area contributed by atoms with Crippen LogP contribution in [0.15, 0.2) is 138 Å². The zero-order chi connectivity index (χ0) is 55.8. The molecule has 2 heterocycles. The van der Waals surface area contributed by atoms with Crippen LogP contribution in [0.2, 0.25) is 0 Å². The Hall–Kier alpha value is -6.19. The predicted octanol–water partition coefficient (Wildman–Crippen LogP) is 15.1. The van der Waals surface area contributed by atoms with Crippen LogP contribution < -0.4 is 15.6 Å². The number of carbonyl (C=O) groups is 4. The number of rotatable bonds is 10. The van der Waals surface area contributed by atoms with Gasteiger partial charge in [0.15, 0.2) is 5.91 Å². The normalized spacial score (nSPS) is 23.5. The molecule has 2 fully saturated rings. The summed E-state index contributed by atoms with van der Waals surface area (Å²) < 4.78 is 13.9. The molecule has 2 amide bonds. The van der Waals surface area contributed by atoms with Crippen LogP contribution in [-0.2, 0) is 33.7 Å². The molecule has 0 radical (unpaired) electrons. The van der Waals surface area contributed by atoms with Crippen molar-refractivity contribution in [1.29, 1.82) is 0 Å². The average molecular weight is 1100 g/mol. The maximum Gasteiger partial charge on any atom is 2.00 e. The van der Waals surface area contributed by atoms with Gasteiger partial charge in [-0.05, 0) is 106 Å². The largest absolute Gasteiger partial charge is 2.00 e. The maximum atomic E-state index is 15.7. The summed E-state index contributed by atoms with van der Waals surface area (Å²) in [6, 6.07) is 36.6. The van der Waals surface area contributed by atoms with Gasteiger partial charge < -0.3 is 25.1 Å². The molecule has 4 aromatic carbocycles. The van der Waals surface area contributed by atoms with Crippen LogP contribution in [-0.4, -0.2) is 41.8 Å². The summed E-state index contributed by atoms with van der Waals surface area (Å²) in [5.74, 6) is -1.08. The Kier molecular flexibility index (Phi) is 18.0. The third-order valence-electron chi connectivity index (χ3n) is 16.4. The summed E-state index contributed by atoms with van der Waals surface area (Å²) in [5, 5.41) is 6.07. The number of allylic oxidation sites excluding steroid dienone is 1. The van der Waals surface area contributed by atoms with Crippen molar-refractivity contribution in [2.45, 2.75) is 135 Å². The van der Waals surface area contributed by atoms with E-state index in [9.17, 15) is 9.59 Å². The molecular weight excluding hydrogens is 1020 g/mol. The number of amidine groups is 1. The number of amides is 2. The summed E-state index contributed by atoms with van der Waals surface area (Å²) in [7, 11) is 0. The number of aliphatic imine (C=N–C) groups is 1. The van der Waals surface area contributed by atoms with E-state index < -0.39 is 36.0 Å². The first-order valence-electron chi connectivity index (χ1n) is 27.7. The molecule has 0 saturated heterocycles. The van der Waals surface area contributed by atoms with E-state index in [0.717, 1.165) is 25.7 Å². The number of hydrogen-bond acceptors (Lipinski definition) is 7. The average Bonchev–Trinajstić information content (AvgIpc) is 4.02. The summed E-state index contributed by atoms with van der Waals surface area (Å²) in [6.07, 6.45) is 4.41. The molecule has 8 rings (SSSR count). The van der Waals surface area contributed by atoms with Gasteiger partial charge in [-0.25, -0.2) is 14.6 Å². The predicted molar refractivity (Wildman–Crippen MR) is 310 cm³/mol. The number of esters is 2. The Bertz CT molecular complexity index is 2990. The van der Waals surface area contributed by atoms with Gasteiger partial charge in [0, 0.05) is 40.4 Å². The van der Waals surface area contributed by atoms with Crippen LogP contribution >= 0.6 is 0 Å². The number of aromatic nitrogens is 1. The van der Waals surface area contributed by atoms with Gasteiger partial charge in [-0.15, -0.1) is 0 Å². The minimum Gasteiger partial charge on any atom is -0.458 e. The van der Waals surface area contributed by atoms with Crippen molar-refractivity contribution >= 4 is 47.1 Å². The summed E-state index contributed by atoms with van der Waals surface area (Å²) >= 11 is 0. The molecule has 3 aliphatic rings. The van der Waals surface area contributed by atoms with E-state index in [-0.39, 0.29) is 87.6 Å². The van der Waals surface area contributed by atoms with Crippen LogP contribution in [0, 0.1) is 57.2 Å². The molecule has 4 atom stereocenters. The number of ether oxygens (including phenoxy) is 2. The second kappa shape index (κ2) is 23.6. The summed E-state index contributed by atoms with van der Waals surface area (Å²) in [6.45, 7) is 31.2. The van der Waals surface area contributed by atoms with Gasteiger partial charge in [0.05, 0.1) is 11.3 Å². The first-order valence-corrected chi connectivity index (χ1v) is 27.7. The Morgan fingerprint density at radius 1 is 0.526 bits per heavy atom. The van der Waals surface area contributed by atoms with Crippen molar-refractivity contribution in [3.8, 4) is 11.1 Å². The molecule has 2 aliphatic carbocycles. The number of anilines is 1. The van der Waals surface area contributed by atoms with Crippen LogP contribution in [0.4, 0.5) is 5.82 Å². The van der Waals surface area contributed by atoms with E-state index in [1.807, 2.05) is 72.8 Å². The van der Waals surface area contributed by atoms with Crippen LogP contribution in [0.5, 0.6) is 0 Å². The quantitative estimate of drug-likeness (QED) is 0.105. The first kappa shape index (κ1) is 59.5. The van der Waals surface area contributed by atoms with Crippen LogP contribution in [0.25, 0.3) is 22.8 Å². The van der Waals surface area contributed by atoms with Crippen molar-refractivity contribution in [1.82, 2.24) is 10.3 Å². The summed E-state index contributed by atoms with van der Waals surface area (Å²) in [4.78, 5) is 70.3. The molecule has 1 aliphatic heterocycles. The van der Waals surface area contributed by atoms with Crippen molar-refractivity contribution in [2.24, 2.45) is 62.2 Å². The van der Waals surface area contributed by atoms with Gasteiger partial charge in [0.1, 0.15) is 23.6 Å². The molecule has 10 nitrogen and oxygen atoms in total. The molecule has 1 aromatic heterocycles. The number of carbonyl (C=O) groups excluding carboxylic acids is 4. The minimum atomic E-state index is -0.607. The molecule has 2 saturated carbocycles. The fourth-order valence-electron chi connectivity index (χ4n) is 12.3. The number of benzene rings is 4. The molecule has 11 heteroatoms. The Morgan fingerprint density at radius 2 is 0.897 bits per heavy atom. The Labute approximate surface area is 476 Å². The van der Waals surface area contributed by atoms with E-state index in [0.29, 0.717) is 56.6 Å². The van der Waals surface area contributed by atoms with Crippen molar-refractivity contribution in [3.05, 3.63) is 161 Å². The van der Waals surface area contributed by atoms with Crippen molar-refractivity contribution in [2.75, 3.05) is 5.32 Å². The monoisotopic (exact) mass is 1100 g/mol. The second-order valence-corrected chi connectivity index (χ2v) is 26.5. The van der Waals surface area contributed by atoms with Crippen molar-refractivity contribution < 1.29 is 48.1 Å². The molecule has 4 unspecified atom stereocenters. The van der Waals surface area contributed by atoms with E-state index in [2.05, 4.69) is 108 Å². The van der Waals surface area contributed by atoms with Crippen molar-refractivity contribution in [3.63, 3.8) is 0 Å². The zero-order valence-electron chi connectivity index (χ0n) is 48.6. The van der Waals surface area contributed by atoms with E-state index >= 15 is 9.59 Å². The Morgan fingerprint density at radius 3 is 1.31 bits per heavy atom. The fourth-order valence-corrected chi connectivity index (χ4v) is 12.3.